The van der Waals surface area contributed by atoms with Crippen LogP contribution in [0, 0.1) is 5.82 Å². The van der Waals surface area contributed by atoms with E-state index in [1.807, 2.05) is 11.9 Å². The first-order valence-electron chi connectivity index (χ1n) is 6.62. The second-order valence-corrected chi connectivity index (χ2v) is 5.81. The number of likely N-dealkylation sites (N-methyl/N-ethyl adjacent to an activating group) is 1. The van der Waals surface area contributed by atoms with Gasteiger partial charge in [0.15, 0.2) is 0 Å². The Hall–Kier alpha value is -1.62. The molecule has 2 aromatic carbocycles. The van der Waals surface area contributed by atoms with Gasteiger partial charge in [-0.05, 0) is 42.9 Å². The Morgan fingerprint density at radius 2 is 1.86 bits per heavy atom. The molecule has 116 valence electrons. The van der Waals surface area contributed by atoms with E-state index in [0.29, 0.717) is 22.3 Å². The monoisotopic (exact) mass is 340 g/mol. The zero-order chi connectivity index (χ0) is 16.1. The van der Waals surface area contributed by atoms with Crippen molar-refractivity contribution < 1.29 is 9.18 Å². The second-order valence-electron chi connectivity index (χ2n) is 4.97. The Morgan fingerprint density at radius 1 is 1.18 bits per heavy atom. The molecule has 0 spiro atoms. The zero-order valence-corrected chi connectivity index (χ0v) is 13.5. The molecule has 2 rings (SSSR count). The summed E-state index contributed by atoms with van der Waals surface area (Å²) in [6, 6.07) is 11.1. The summed E-state index contributed by atoms with van der Waals surface area (Å²) in [6.07, 6.45) is 0. The fourth-order valence-corrected chi connectivity index (χ4v) is 2.32. The highest BCUT2D eigenvalue weighted by Gasteiger charge is 2.10. The number of hydrogen-bond donors (Lipinski definition) is 1. The number of benzene rings is 2. The molecule has 2 aromatic rings. The largest absolute Gasteiger partial charge is 0.324 e. The second kappa shape index (κ2) is 7.58. The first-order valence-corrected chi connectivity index (χ1v) is 7.37. The lowest BCUT2D eigenvalue weighted by atomic mass is 10.2. The molecule has 1 N–H and O–H groups in total. The normalized spacial score (nSPS) is 10.8. The van der Waals surface area contributed by atoms with Crippen molar-refractivity contribution in [1.29, 1.82) is 0 Å². The third-order valence-electron chi connectivity index (χ3n) is 2.98. The lowest BCUT2D eigenvalue weighted by molar-refractivity contribution is -0.117. The minimum absolute atomic E-state index is 0.181. The van der Waals surface area contributed by atoms with Crippen LogP contribution in [0.2, 0.25) is 10.0 Å². The summed E-state index contributed by atoms with van der Waals surface area (Å²) in [4.78, 5) is 13.8. The number of nitrogens with one attached hydrogen (secondary N) is 1. The summed E-state index contributed by atoms with van der Waals surface area (Å²) in [6.45, 7) is 0.719. The van der Waals surface area contributed by atoms with Crippen molar-refractivity contribution in [2.75, 3.05) is 18.9 Å². The molecule has 0 aliphatic heterocycles. The fourth-order valence-electron chi connectivity index (χ4n) is 1.99. The van der Waals surface area contributed by atoms with Gasteiger partial charge < -0.3 is 5.32 Å². The Kier molecular flexibility index (Phi) is 5.77. The van der Waals surface area contributed by atoms with Crippen LogP contribution in [-0.2, 0) is 11.3 Å². The maximum Gasteiger partial charge on any atom is 0.238 e. The number of rotatable bonds is 5. The van der Waals surface area contributed by atoms with Gasteiger partial charge in [0, 0.05) is 11.6 Å². The molecule has 0 bridgehead atoms. The first kappa shape index (κ1) is 16.7. The summed E-state index contributed by atoms with van der Waals surface area (Å²) in [5.74, 6) is -0.478. The van der Waals surface area contributed by atoms with E-state index in [4.69, 9.17) is 23.2 Å². The summed E-state index contributed by atoms with van der Waals surface area (Å²) in [5, 5.41) is 3.65. The van der Waals surface area contributed by atoms with Crippen LogP contribution in [-0.4, -0.2) is 24.4 Å². The van der Waals surface area contributed by atoms with Gasteiger partial charge in [0.05, 0.1) is 17.3 Å². The number of carbonyl (C=O) groups is 1. The molecule has 0 aromatic heterocycles. The highest BCUT2D eigenvalue weighted by molar-refractivity contribution is 6.35. The number of anilines is 1. The van der Waals surface area contributed by atoms with E-state index in [1.54, 1.807) is 30.3 Å². The molecular formula is C16H15Cl2FN2O. The van der Waals surface area contributed by atoms with Gasteiger partial charge in [-0.25, -0.2) is 4.39 Å². The maximum absolute atomic E-state index is 12.8. The Balaban J connectivity index is 1.91. The number of halogens is 3. The molecule has 0 saturated carbocycles. The minimum atomic E-state index is -0.278. The molecule has 3 nitrogen and oxygen atoms in total. The molecule has 0 unspecified atom stereocenters. The summed E-state index contributed by atoms with van der Waals surface area (Å²) in [5.41, 5.74) is 1.41. The van der Waals surface area contributed by atoms with E-state index in [-0.39, 0.29) is 18.3 Å². The van der Waals surface area contributed by atoms with Gasteiger partial charge in [0.25, 0.3) is 0 Å². The molecule has 1 amide bonds. The molecule has 0 aliphatic rings. The molecule has 0 heterocycles. The van der Waals surface area contributed by atoms with Crippen LogP contribution >= 0.6 is 23.2 Å². The van der Waals surface area contributed by atoms with Crippen LogP contribution in [0.1, 0.15) is 5.56 Å². The van der Waals surface area contributed by atoms with Crippen molar-refractivity contribution in [1.82, 2.24) is 4.90 Å². The highest BCUT2D eigenvalue weighted by atomic mass is 35.5. The molecular weight excluding hydrogens is 326 g/mol. The number of hydrogen-bond acceptors (Lipinski definition) is 2. The molecule has 0 radical (unpaired) electrons. The van der Waals surface area contributed by atoms with Gasteiger partial charge in [0.1, 0.15) is 5.82 Å². The Morgan fingerprint density at radius 3 is 2.55 bits per heavy atom. The SMILES string of the molecule is CN(CC(=O)Nc1cc(Cl)ccc1Cl)Cc1ccc(F)cc1. The summed E-state index contributed by atoms with van der Waals surface area (Å²) < 4.78 is 12.8. The van der Waals surface area contributed by atoms with Crippen molar-refractivity contribution >= 4 is 34.8 Å². The Bertz CT molecular complexity index is 662. The number of amides is 1. The third kappa shape index (κ3) is 4.98. The van der Waals surface area contributed by atoms with Crippen LogP contribution in [0.25, 0.3) is 0 Å². The lowest BCUT2D eigenvalue weighted by Gasteiger charge is -2.16. The molecule has 0 fully saturated rings. The molecule has 0 saturated heterocycles. The van der Waals surface area contributed by atoms with E-state index in [9.17, 15) is 9.18 Å². The van der Waals surface area contributed by atoms with Gasteiger partial charge >= 0.3 is 0 Å². The zero-order valence-electron chi connectivity index (χ0n) is 11.9. The highest BCUT2D eigenvalue weighted by Crippen LogP contribution is 2.25. The van der Waals surface area contributed by atoms with Gasteiger partial charge in [-0.15, -0.1) is 0 Å². The average molecular weight is 341 g/mol. The van der Waals surface area contributed by atoms with Gasteiger partial charge in [-0.3, -0.25) is 9.69 Å². The van der Waals surface area contributed by atoms with E-state index in [2.05, 4.69) is 5.32 Å². The van der Waals surface area contributed by atoms with E-state index in [1.165, 1.54) is 12.1 Å². The van der Waals surface area contributed by atoms with Crippen molar-refractivity contribution in [3.63, 3.8) is 0 Å². The third-order valence-corrected chi connectivity index (χ3v) is 3.55. The standard InChI is InChI=1S/C16H15Cl2FN2O/c1-21(9-11-2-5-13(19)6-3-11)10-16(22)20-15-8-12(17)4-7-14(15)18/h2-8H,9-10H2,1H3,(H,20,22). The lowest BCUT2D eigenvalue weighted by Crippen LogP contribution is -2.29. The maximum atomic E-state index is 12.8. The number of carbonyl (C=O) groups excluding carboxylic acids is 1. The predicted molar refractivity (Wildman–Crippen MR) is 87.8 cm³/mol. The van der Waals surface area contributed by atoms with Crippen molar-refractivity contribution in [3.05, 3.63) is 63.9 Å². The van der Waals surface area contributed by atoms with Crippen LogP contribution in [0.4, 0.5) is 10.1 Å². The first-order chi connectivity index (χ1) is 10.4. The Labute approximate surface area is 138 Å². The molecule has 0 aliphatic carbocycles. The summed E-state index contributed by atoms with van der Waals surface area (Å²) in [7, 11) is 1.81. The van der Waals surface area contributed by atoms with Gasteiger partial charge in [-0.2, -0.15) is 0 Å². The number of nitrogens with zero attached hydrogens (tertiary/aromatic N) is 1. The van der Waals surface area contributed by atoms with Crippen LogP contribution in [0.3, 0.4) is 0 Å². The van der Waals surface area contributed by atoms with Crippen LogP contribution in [0.15, 0.2) is 42.5 Å². The topological polar surface area (TPSA) is 32.3 Å². The van der Waals surface area contributed by atoms with E-state index in [0.717, 1.165) is 5.56 Å². The van der Waals surface area contributed by atoms with Crippen LogP contribution < -0.4 is 5.32 Å². The molecule has 6 heteroatoms. The smallest absolute Gasteiger partial charge is 0.238 e. The van der Waals surface area contributed by atoms with Crippen molar-refractivity contribution in [2.24, 2.45) is 0 Å². The van der Waals surface area contributed by atoms with E-state index >= 15 is 0 Å². The minimum Gasteiger partial charge on any atom is -0.324 e. The van der Waals surface area contributed by atoms with Gasteiger partial charge in [-0.1, -0.05) is 35.3 Å². The van der Waals surface area contributed by atoms with E-state index < -0.39 is 0 Å². The fraction of sp³-hybridized carbons (Fsp3) is 0.188. The van der Waals surface area contributed by atoms with Crippen molar-refractivity contribution in [2.45, 2.75) is 6.54 Å². The molecule has 0 atom stereocenters. The molecule has 22 heavy (non-hydrogen) atoms. The average Bonchev–Trinajstić information content (AvgIpc) is 2.45. The summed E-state index contributed by atoms with van der Waals surface area (Å²) >= 11 is 11.9. The van der Waals surface area contributed by atoms with Crippen molar-refractivity contribution in [3.8, 4) is 0 Å². The quantitative estimate of drug-likeness (QED) is 0.884. The van der Waals surface area contributed by atoms with Crippen LogP contribution in [0.5, 0.6) is 0 Å². The predicted octanol–water partition coefficient (Wildman–Crippen LogP) is 4.20. The van der Waals surface area contributed by atoms with Gasteiger partial charge in [0.2, 0.25) is 5.91 Å².